The van der Waals surface area contributed by atoms with E-state index in [0.717, 1.165) is 18.4 Å². The number of carbonyl (C=O) groups excluding carboxylic acids is 3. The summed E-state index contributed by atoms with van der Waals surface area (Å²) in [6.07, 6.45) is 2.28. The van der Waals surface area contributed by atoms with Crippen molar-refractivity contribution in [1.82, 2.24) is 15.2 Å². The van der Waals surface area contributed by atoms with E-state index in [1.165, 1.54) is 11.3 Å². The Bertz CT molecular complexity index is 903. The van der Waals surface area contributed by atoms with Gasteiger partial charge >= 0.3 is 0 Å². The van der Waals surface area contributed by atoms with E-state index in [1.807, 2.05) is 32.9 Å². The maximum absolute atomic E-state index is 12.9. The molecule has 0 spiro atoms. The highest BCUT2D eigenvalue weighted by Gasteiger charge is 2.24. The molecule has 1 aromatic carbocycles. The summed E-state index contributed by atoms with van der Waals surface area (Å²) in [6, 6.07) is 7.65. The fraction of sp³-hybridized carbons (Fsp3) is 0.455. The Kier molecular flexibility index (Phi) is 7.20. The first-order chi connectivity index (χ1) is 14.3. The minimum Gasteiger partial charge on any atom is -0.353 e. The van der Waals surface area contributed by atoms with Gasteiger partial charge in [0.15, 0.2) is 5.13 Å². The first-order valence-corrected chi connectivity index (χ1v) is 11.1. The number of thiazole rings is 1. The zero-order valence-electron chi connectivity index (χ0n) is 17.6. The van der Waals surface area contributed by atoms with E-state index in [1.54, 1.807) is 22.4 Å². The van der Waals surface area contributed by atoms with Gasteiger partial charge < -0.3 is 15.5 Å². The van der Waals surface area contributed by atoms with Crippen molar-refractivity contribution in [3.8, 4) is 0 Å². The molecule has 0 aliphatic heterocycles. The molecule has 0 atom stereocenters. The first kappa shape index (κ1) is 22.0. The predicted molar refractivity (Wildman–Crippen MR) is 118 cm³/mol. The minimum atomic E-state index is -0.306. The molecule has 7 nitrogen and oxygen atoms in total. The second kappa shape index (κ2) is 9.84. The van der Waals surface area contributed by atoms with Gasteiger partial charge in [-0.25, -0.2) is 4.98 Å². The molecule has 8 heteroatoms. The fourth-order valence-corrected chi connectivity index (χ4v) is 3.71. The van der Waals surface area contributed by atoms with E-state index >= 15 is 0 Å². The highest BCUT2D eigenvalue weighted by molar-refractivity contribution is 7.13. The van der Waals surface area contributed by atoms with Crippen molar-refractivity contribution < 1.29 is 14.4 Å². The number of rotatable bonds is 9. The van der Waals surface area contributed by atoms with Crippen LogP contribution in [0.25, 0.3) is 0 Å². The van der Waals surface area contributed by atoms with Crippen LogP contribution in [-0.2, 0) is 16.0 Å². The Morgan fingerprint density at radius 3 is 2.50 bits per heavy atom. The molecule has 0 bridgehead atoms. The van der Waals surface area contributed by atoms with Crippen molar-refractivity contribution >= 4 is 34.2 Å². The molecule has 3 rings (SSSR count). The molecule has 1 aromatic heterocycles. The molecule has 0 unspecified atom stereocenters. The van der Waals surface area contributed by atoms with Crippen LogP contribution in [0.5, 0.6) is 0 Å². The van der Waals surface area contributed by atoms with Crippen molar-refractivity contribution in [3.05, 3.63) is 46.5 Å². The van der Waals surface area contributed by atoms with E-state index < -0.39 is 0 Å². The molecule has 160 valence electrons. The molecular weight excluding hydrogens is 400 g/mol. The molecule has 1 aliphatic rings. The number of nitrogens with zero attached hydrogens (tertiary/aromatic N) is 2. The van der Waals surface area contributed by atoms with Gasteiger partial charge in [0.1, 0.15) is 6.54 Å². The van der Waals surface area contributed by atoms with Crippen LogP contribution in [0.4, 0.5) is 5.13 Å². The average molecular weight is 429 g/mol. The minimum absolute atomic E-state index is 0.0486. The lowest BCUT2D eigenvalue weighted by Gasteiger charge is -2.24. The van der Waals surface area contributed by atoms with Gasteiger partial charge in [0, 0.05) is 23.5 Å². The highest BCUT2D eigenvalue weighted by atomic mass is 32.1. The smallest absolute Gasteiger partial charge is 0.254 e. The van der Waals surface area contributed by atoms with E-state index in [2.05, 4.69) is 15.6 Å². The summed E-state index contributed by atoms with van der Waals surface area (Å²) in [7, 11) is 0. The number of hydrogen-bond donors (Lipinski definition) is 2. The third-order valence-corrected chi connectivity index (χ3v) is 5.39. The van der Waals surface area contributed by atoms with Gasteiger partial charge in [0.25, 0.3) is 5.91 Å². The molecule has 1 heterocycles. The van der Waals surface area contributed by atoms with Crippen molar-refractivity contribution in [2.45, 2.75) is 46.1 Å². The quantitative estimate of drug-likeness (QED) is 0.642. The summed E-state index contributed by atoms with van der Waals surface area (Å²) in [5.41, 5.74) is 2.26. The molecule has 1 aliphatic carbocycles. The van der Waals surface area contributed by atoms with Crippen LogP contribution in [0.15, 0.2) is 29.6 Å². The molecule has 3 amide bonds. The lowest BCUT2D eigenvalue weighted by molar-refractivity contribution is -0.120. The van der Waals surface area contributed by atoms with E-state index in [9.17, 15) is 14.4 Å². The zero-order valence-corrected chi connectivity index (χ0v) is 18.4. The van der Waals surface area contributed by atoms with Crippen LogP contribution in [0.2, 0.25) is 0 Å². The summed E-state index contributed by atoms with van der Waals surface area (Å²) in [5.74, 6) is -0.300. The van der Waals surface area contributed by atoms with Gasteiger partial charge in [0.2, 0.25) is 11.8 Å². The molecule has 2 aromatic rings. The van der Waals surface area contributed by atoms with Crippen LogP contribution in [-0.4, -0.2) is 46.7 Å². The van der Waals surface area contributed by atoms with Crippen molar-refractivity contribution in [3.63, 3.8) is 0 Å². The van der Waals surface area contributed by atoms with Crippen LogP contribution in [0.1, 0.15) is 48.3 Å². The molecule has 30 heavy (non-hydrogen) atoms. The van der Waals surface area contributed by atoms with Crippen LogP contribution < -0.4 is 10.6 Å². The van der Waals surface area contributed by atoms with Crippen LogP contribution in [0, 0.1) is 12.8 Å². The Labute approximate surface area is 180 Å². The van der Waals surface area contributed by atoms with Gasteiger partial charge in [-0.3, -0.25) is 14.4 Å². The number of aromatic nitrogens is 1. The fourth-order valence-electron chi connectivity index (χ4n) is 2.99. The van der Waals surface area contributed by atoms with Crippen LogP contribution in [0.3, 0.4) is 0 Å². The maximum Gasteiger partial charge on any atom is 0.254 e. The monoisotopic (exact) mass is 428 g/mol. The molecule has 2 N–H and O–H groups in total. The molecule has 1 saturated carbocycles. The van der Waals surface area contributed by atoms with Gasteiger partial charge in [0.05, 0.1) is 12.1 Å². The summed E-state index contributed by atoms with van der Waals surface area (Å²) in [5, 5.41) is 7.87. The lowest BCUT2D eigenvalue weighted by atomic mass is 10.1. The normalized spacial score (nSPS) is 13.2. The largest absolute Gasteiger partial charge is 0.353 e. The maximum atomic E-state index is 12.9. The van der Waals surface area contributed by atoms with Crippen LogP contribution >= 0.6 is 11.3 Å². The number of benzene rings is 1. The third kappa shape index (κ3) is 6.66. The molecule has 1 fully saturated rings. The van der Waals surface area contributed by atoms with Crippen molar-refractivity contribution in [1.29, 1.82) is 0 Å². The number of carbonyl (C=O) groups is 3. The second-order valence-electron chi connectivity index (χ2n) is 8.16. The van der Waals surface area contributed by atoms with Gasteiger partial charge in [-0.15, -0.1) is 11.3 Å². The highest BCUT2D eigenvalue weighted by Crippen LogP contribution is 2.20. The van der Waals surface area contributed by atoms with Gasteiger partial charge in [-0.2, -0.15) is 0 Å². The van der Waals surface area contributed by atoms with Crippen molar-refractivity contribution in [2.24, 2.45) is 5.92 Å². The topological polar surface area (TPSA) is 91.4 Å². The molecule has 0 radical (unpaired) electrons. The summed E-state index contributed by atoms with van der Waals surface area (Å²) in [4.78, 5) is 43.2. The predicted octanol–water partition coefficient (Wildman–Crippen LogP) is 3.01. The van der Waals surface area contributed by atoms with E-state index in [-0.39, 0.29) is 36.6 Å². The van der Waals surface area contributed by atoms with E-state index in [0.29, 0.717) is 29.0 Å². The lowest BCUT2D eigenvalue weighted by Crippen LogP contribution is -2.40. The Morgan fingerprint density at radius 1 is 1.17 bits per heavy atom. The number of hydrogen-bond acceptors (Lipinski definition) is 5. The number of nitrogens with one attached hydrogen (secondary N) is 2. The van der Waals surface area contributed by atoms with Crippen molar-refractivity contribution in [2.75, 3.05) is 18.4 Å². The summed E-state index contributed by atoms with van der Waals surface area (Å²) < 4.78 is 0. The molecule has 0 saturated heterocycles. The van der Waals surface area contributed by atoms with Gasteiger partial charge in [-0.1, -0.05) is 31.5 Å². The van der Waals surface area contributed by atoms with Gasteiger partial charge in [-0.05, 0) is 37.8 Å². The first-order valence-electron chi connectivity index (χ1n) is 10.2. The number of aryl methyl sites for hydroxylation is 1. The average Bonchev–Trinajstić information content (AvgIpc) is 3.38. The van der Waals surface area contributed by atoms with E-state index in [4.69, 9.17) is 0 Å². The SMILES string of the molecule is Cc1ccc(C(=O)N(CC(=O)Nc2nc(CC(=O)NC3CC3)cs2)CC(C)C)cc1. The molecular formula is C22H28N4O3S. The summed E-state index contributed by atoms with van der Waals surface area (Å²) >= 11 is 1.28. The third-order valence-electron chi connectivity index (χ3n) is 4.59. The number of anilines is 1. The zero-order chi connectivity index (χ0) is 21.7. The standard InChI is InChI=1S/C22H28N4O3S/c1-14(2)11-26(21(29)16-6-4-15(3)5-7-16)12-20(28)25-22-24-18(13-30-22)10-19(27)23-17-8-9-17/h4-7,13-14,17H,8-12H2,1-3H3,(H,23,27)(H,24,25,28). The number of amides is 3. The Hall–Kier alpha value is -2.74. The Balaban J connectivity index is 1.58. The Morgan fingerprint density at radius 2 is 1.87 bits per heavy atom. The second-order valence-corrected chi connectivity index (χ2v) is 9.01. The summed E-state index contributed by atoms with van der Waals surface area (Å²) in [6.45, 7) is 6.40.